The van der Waals surface area contributed by atoms with E-state index in [2.05, 4.69) is 10.6 Å². The van der Waals surface area contributed by atoms with E-state index >= 15 is 0 Å². The first-order valence-corrected chi connectivity index (χ1v) is 6.81. The van der Waals surface area contributed by atoms with Gasteiger partial charge in [0.1, 0.15) is 0 Å². The average Bonchev–Trinajstić information content (AvgIpc) is 2.84. The Morgan fingerprint density at radius 2 is 1.89 bits per heavy atom. The molecule has 18 heavy (non-hydrogen) atoms. The van der Waals surface area contributed by atoms with Crippen molar-refractivity contribution >= 4 is 46.3 Å². The lowest BCUT2D eigenvalue weighted by Crippen LogP contribution is -2.28. The predicted octanol–water partition coefficient (Wildman–Crippen LogP) is 4.38. The molecule has 6 heteroatoms. The number of hydrogen-bond acceptors (Lipinski definition) is 2. The summed E-state index contributed by atoms with van der Waals surface area (Å²) in [5, 5.41) is 8.14. The number of rotatable bonds is 3. The van der Waals surface area contributed by atoms with E-state index < -0.39 is 0 Å². The average molecular weight is 301 g/mol. The molecule has 0 saturated heterocycles. The minimum atomic E-state index is -0.335. The van der Waals surface area contributed by atoms with Crippen LogP contribution < -0.4 is 10.6 Å². The first-order valence-electron chi connectivity index (χ1n) is 5.18. The Bertz CT molecular complexity index is 523. The first kappa shape index (κ1) is 13.2. The molecule has 0 saturated carbocycles. The highest BCUT2D eigenvalue weighted by Crippen LogP contribution is 2.29. The molecule has 2 aromatic rings. The first-order chi connectivity index (χ1) is 8.66. The standard InChI is InChI=1S/C12H10Cl2N2OS/c13-9-4-1-5-10(14)11(9)16-12(17)15-7-8-3-2-6-18-8/h1-6H,7H2,(H2,15,16,17). The minimum Gasteiger partial charge on any atom is -0.333 e. The molecule has 0 spiro atoms. The van der Waals surface area contributed by atoms with Crippen LogP contribution in [0.25, 0.3) is 0 Å². The fourth-order valence-electron chi connectivity index (χ4n) is 1.36. The van der Waals surface area contributed by atoms with E-state index in [1.807, 2.05) is 17.5 Å². The molecule has 0 unspecified atom stereocenters. The van der Waals surface area contributed by atoms with E-state index in [1.54, 1.807) is 29.5 Å². The third-order valence-corrected chi connectivity index (χ3v) is 3.71. The highest BCUT2D eigenvalue weighted by molar-refractivity contribution is 7.09. The summed E-state index contributed by atoms with van der Waals surface area (Å²) in [6, 6.07) is 8.61. The zero-order valence-corrected chi connectivity index (χ0v) is 11.6. The van der Waals surface area contributed by atoms with Crippen LogP contribution in [0.5, 0.6) is 0 Å². The summed E-state index contributed by atoms with van der Waals surface area (Å²) >= 11 is 13.5. The van der Waals surface area contributed by atoms with Gasteiger partial charge in [-0.15, -0.1) is 11.3 Å². The van der Waals surface area contributed by atoms with Crippen LogP contribution in [0, 0.1) is 0 Å². The molecular weight excluding hydrogens is 291 g/mol. The van der Waals surface area contributed by atoms with Crippen molar-refractivity contribution in [1.29, 1.82) is 0 Å². The largest absolute Gasteiger partial charge is 0.333 e. The molecule has 3 nitrogen and oxygen atoms in total. The summed E-state index contributed by atoms with van der Waals surface area (Å²) in [6.07, 6.45) is 0. The maximum Gasteiger partial charge on any atom is 0.319 e. The molecule has 0 radical (unpaired) electrons. The molecule has 0 bridgehead atoms. The summed E-state index contributed by atoms with van der Waals surface area (Å²) in [5.41, 5.74) is 0.421. The molecule has 0 atom stereocenters. The summed E-state index contributed by atoms with van der Waals surface area (Å²) in [4.78, 5) is 12.8. The van der Waals surface area contributed by atoms with Gasteiger partial charge in [0, 0.05) is 4.88 Å². The number of urea groups is 1. The van der Waals surface area contributed by atoms with Crippen LogP contribution in [0.15, 0.2) is 35.7 Å². The smallest absolute Gasteiger partial charge is 0.319 e. The molecular formula is C12H10Cl2N2OS. The Morgan fingerprint density at radius 1 is 1.17 bits per heavy atom. The lowest BCUT2D eigenvalue weighted by molar-refractivity contribution is 0.252. The highest BCUT2D eigenvalue weighted by Gasteiger charge is 2.09. The second-order valence-electron chi connectivity index (χ2n) is 3.48. The minimum absolute atomic E-state index is 0.335. The molecule has 2 N–H and O–H groups in total. The van der Waals surface area contributed by atoms with Crippen molar-refractivity contribution in [1.82, 2.24) is 5.32 Å². The topological polar surface area (TPSA) is 41.1 Å². The Hall–Kier alpha value is -1.23. The number of benzene rings is 1. The second-order valence-corrected chi connectivity index (χ2v) is 5.33. The van der Waals surface area contributed by atoms with Gasteiger partial charge in [-0.1, -0.05) is 35.3 Å². The lowest BCUT2D eigenvalue weighted by atomic mass is 10.3. The molecule has 1 heterocycles. The van der Waals surface area contributed by atoms with E-state index in [0.717, 1.165) is 4.88 Å². The number of hydrogen-bond donors (Lipinski definition) is 2. The summed E-state index contributed by atoms with van der Waals surface area (Å²) in [6.45, 7) is 0.478. The summed E-state index contributed by atoms with van der Waals surface area (Å²) < 4.78 is 0. The molecule has 1 aromatic carbocycles. The zero-order chi connectivity index (χ0) is 13.0. The number of para-hydroxylation sites is 1. The van der Waals surface area contributed by atoms with Gasteiger partial charge in [0.25, 0.3) is 0 Å². The van der Waals surface area contributed by atoms with Gasteiger partial charge in [-0.3, -0.25) is 0 Å². The van der Waals surface area contributed by atoms with Crippen molar-refractivity contribution in [3.05, 3.63) is 50.6 Å². The normalized spacial score (nSPS) is 10.1. The van der Waals surface area contributed by atoms with Crippen molar-refractivity contribution in [2.75, 3.05) is 5.32 Å². The Morgan fingerprint density at radius 3 is 2.50 bits per heavy atom. The molecule has 0 aliphatic rings. The Kier molecular flexibility index (Phi) is 4.47. The van der Waals surface area contributed by atoms with E-state index in [0.29, 0.717) is 22.3 Å². The predicted molar refractivity (Wildman–Crippen MR) is 76.6 cm³/mol. The van der Waals surface area contributed by atoms with Crippen LogP contribution in [-0.2, 0) is 6.54 Å². The SMILES string of the molecule is O=C(NCc1cccs1)Nc1c(Cl)cccc1Cl. The fraction of sp³-hybridized carbons (Fsp3) is 0.0833. The van der Waals surface area contributed by atoms with Crippen molar-refractivity contribution in [2.45, 2.75) is 6.54 Å². The number of halogens is 2. The number of anilines is 1. The third-order valence-electron chi connectivity index (χ3n) is 2.20. The Balaban J connectivity index is 1.95. The quantitative estimate of drug-likeness (QED) is 0.868. The van der Waals surface area contributed by atoms with Gasteiger partial charge in [0.05, 0.1) is 22.3 Å². The highest BCUT2D eigenvalue weighted by atomic mass is 35.5. The van der Waals surface area contributed by atoms with Crippen LogP contribution in [0.2, 0.25) is 10.0 Å². The van der Waals surface area contributed by atoms with Crippen molar-refractivity contribution in [2.24, 2.45) is 0 Å². The maximum atomic E-state index is 11.7. The van der Waals surface area contributed by atoms with Gasteiger partial charge in [0.2, 0.25) is 0 Å². The number of thiophene rings is 1. The molecule has 94 valence electrons. The monoisotopic (exact) mass is 300 g/mol. The molecule has 1 aromatic heterocycles. The van der Waals surface area contributed by atoms with Gasteiger partial charge < -0.3 is 10.6 Å². The number of carbonyl (C=O) groups excluding carboxylic acids is 1. The van der Waals surface area contributed by atoms with Crippen molar-refractivity contribution < 1.29 is 4.79 Å². The van der Waals surface area contributed by atoms with Crippen LogP contribution in [0.4, 0.5) is 10.5 Å². The van der Waals surface area contributed by atoms with Crippen LogP contribution in [0.1, 0.15) is 4.88 Å². The van der Waals surface area contributed by atoms with Crippen molar-refractivity contribution in [3.8, 4) is 0 Å². The van der Waals surface area contributed by atoms with E-state index in [-0.39, 0.29) is 6.03 Å². The van der Waals surface area contributed by atoms with E-state index in [9.17, 15) is 4.79 Å². The molecule has 0 fully saturated rings. The van der Waals surface area contributed by atoms with Gasteiger partial charge in [-0.05, 0) is 23.6 Å². The molecule has 2 amide bonds. The lowest BCUT2D eigenvalue weighted by Gasteiger charge is -2.09. The van der Waals surface area contributed by atoms with Gasteiger partial charge in [-0.2, -0.15) is 0 Å². The molecule has 2 rings (SSSR count). The van der Waals surface area contributed by atoms with E-state index in [4.69, 9.17) is 23.2 Å². The van der Waals surface area contributed by atoms with E-state index in [1.165, 1.54) is 0 Å². The number of nitrogens with one attached hydrogen (secondary N) is 2. The summed E-state index contributed by atoms with van der Waals surface area (Å²) in [7, 11) is 0. The fourth-order valence-corrected chi connectivity index (χ4v) is 2.49. The zero-order valence-electron chi connectivity index (χ0n) is 9.24. The van der Waals surface area contributed by atoms with Crippen molar-refractivity contribution in [3.63, 3.8) is 0 Å². The second kappa shape index (κ2) is 6.09. The van der Waals surface area contributed by atoms with Gasteiger partial charge in [-0.25, -0.2) is 4.79 Å². The molecule has 0 aliphatic heterocycles. The third kappa shape index (κ3) is 3.38. The number of carbonyl (C=O) groups is 1. The number of amides is 2. The summed E-state index contributed by atoms with van der Waals surface area (Å²) in [5.74, 6) is 0. The Labute approximate surface area is 119 Å². The van der Waals surface area contributed by atoms with Gasteiger partial charge in [0.15, 0.2) is 0 Å². The van der Waals surface area contributed by atoms with Crippen LogP contribution >= 0.6 is 34.5 Å². The van der Waals surface area contributed by atoms with Crippen LogP contribution in [-0.4, -0.2) is 6.03 Å². The van der Waals surface area contributed by atoms with Gasteiger partial charge >= 0.3 is 6.03 Å². The maximum absolute atomic E-state index is 11.7. The van der Waals surface area contributed by atoms with Crippen LogP contribution in [0.3, 0.4) is 0 Å². The molecule has 0 aliphatic carbocycles.